The van der Waals surface area contributed by atoms with Gasteiger partial charge in [-0.1, -0.05) is 61.0 Å². The molecule has 1 unspecified atom stereocenters. The molecule has 3 amide bonds. The Kier molecular flexibility index (Phi) is 18.4. The van der Waals surface area contributed by atoms with E-state index in [2.05, 4.69) is 15.6 Å². The summed E-state index contributed by atoms with van der Waals surface area (Å²) in [5.74, 6) is -1.63. The summed E-state index contributed by atoms with van der Waals surface area (Å²) in [5.41, 5.74) is 25.4. The van der Waals surface area contributed by atoms with Gasteiger partial charge in [0.1, 0.15) is 30.6 Å². The number of benzene rings is 3. The number of phenolic OH excluding ortho intramolecular Hbond substituents is 2. The molecule has 14 nitrogen and oxygen atoms in total. The molecule has 3 aromatic rings. The van der Waals surface area contributed by atoms with Gasteiger partial charge < -0.3 is 48.1 Å². The number of hydrogen-bond acceptors (Lipinski definition) is 9. The Bertz CT molecular complexity index is 1600. The Labute approximate surface area is 318 Å². The molecule has 0 aliphatic rings. The van der Waals surface area contributed by atoms with Gasteiger partial charge in [0.05, 0.1) is 19.2 Å². The zero-order valence-corrected chi connectivity index (χ0v) is 31.1. The van der Waals surface area contributed by atoms with Crippen molar-refractivity contribution < 1.29 is 34.2 Å². The number of quaternary nitrogens is 1. The van der Waals surface area contributed by atoms with Crippen LogP contribution in [0, 0.1) is 0 Å². The molecule has 54 heavy (non-hydrogen) atoms. The molecule has 0 fully saturated rings. The summed E-state index contributed by atoms with van der Waals surface area (Å²) in [7, 11) is 0. The monoisotopic (exact) mass is 747 g/mol. The standard InChI is InChI=1S/C40H58N8O6/c41-21-7-6-12-36(48(24-25-49,28-31-10-4-3-5-11-31)23-9-2-1-8-22-45-40(43)44)39(54)47-38(53)35(27-30-15-19-33(51)20-16-30)46-37(52)34(42)26-29-13-17-32(50)18-14-29/h3-5,10-11,13-20,34-36,49H,1-2,6-9,12,21-28,41-42H2,(H7-,43,44,45,46,47,50,51,52,53,54)/p+1/t34-,35-,36-,48?/m0/s1. The highest BCUT2D eigenvalue weighted by Crippen LogP contribution is 2.26. The number of nitrogens with two attached hydrogens (primary N) is 4. The smallest absolute Gasteiger partial charge is 0.284 e. The number of aliphatic hydroxyl groups excluding tert-OH is 1. The van der Waals surface area contributed by atoms with E-state index < -0.39 is 35.8 Å². The van der Waals surface area contributed by atoms with Gasteiger partial charge in [-0.2, -0.15) is 0 Å². The van der Waals surface area contributed by atoms with Crippen LogP contribution < -0.4 is 33.6 Å². The lowest BCUT2D eigenvalue weighted by atomic mass is 9.99. The number of phenols is 2. The van der Waals surface area contributed by atoms with Crippen molar-refractivity contribution in [1.82, 2.24) is 10.6 Å². The van der Waals surface area contributed by atoms with Crippen LogP contribution in [-0.4, -0.2) is 94.4 Å². The summed E-state index contributed by atoms with van der Waals surface area (Å²) >= 11 is 0. The lowest BCUT2D eigenvalue weighted by molar-refractivity contribution is -0.956. The molecule has 0 aliphatic heterocycles. The number of nitrogens with one attached hydrogen (secondary N) is 2. The number of aliphatic hydroxyl groups is 1. The van der Waals surface area contributed by atoms with Crippen molar-refractivity contribution >= 4 is 23.7 Å². The molecule has 3 aromatic carbocycles. The van der Waals surface area contributed by atoms with Gasteiger partial charge in [0.2, 0.25) is 11.8 Å². The normalized spacial score (nSPS) is 13.9. The van der Waals surface area contributed by atoms with Gasteiger partial charge in [-0.15, -0.1) is 0 Å². The fourth-order valence-electron chi connectivity index (χ4n) is 6.70. The minimum absolute atomic E-state index is 0.0232. The summed E-state index contributed by atoms with van der Waals surface area (Å²) < 4.78 is 0.213. The molecular weight excluding hydrogens is 688 g/mol. The highest BCUT2D eigenvalue weighted by atomic mass is 16.3. The maximum atomic E-state index is 14.5. The van der Waals surface area contributed by atoms with Gasteiger partial charge >= 0.3 is 0 Å². The molecule has 14 heteroatoms. The first-order chi connectivity index (χ1) is 26.0. The van der Waals surface area contributed by atoms with Crippen molar-refractivity contribution in [2.45, 2.75) is 82.5 Å². The third-order valence-corrected chi connectivity index (χ3v) is 9.57. The summed E-state index contributed by atoms with van der Waals surface area (Å²) in [6, 6.07) is 19.4. The number of unbranched alkanes of at least 4 members (excludes halogenated alkanes) is 4. The van der Waals surface area contributed by atoms with Crippen LogP contribution in [0.1, 0.15) is 61.6 Å². The van der Waals surface area contributed by atoms with Crippen LogP contribution >= 0.6 is 0 Å². The number of rotatable bonds is 24. The van der Waals surface area contributed by atoms with Crippen molar-refractivity contribution in [2.24, 2.45) is 27.9 Å². The molecule has 294 valence electrons. The zero-order chi connectivity index (χ0) is 39.3. The first kappa shape index (κ1) is 43.4. The van der Waals surface area contributed by atoms with E-state index in [9.17, 15) is 29.7 Å². The number of nitrogens with zero attached hydrogens (tertiary/aromatic N) is 2. The number of carbonyl (C=O) groups excluding carboxylic acids is 3. The fourth-order valence-corrected chi connectivity index (χ4v) is 6.70. The van der Waals surface area contributed by atoms with Crippen LogP contribution in [0.2, 0.25) is 0 Å². The van der Waals surface area contributed by atoms with Crippen molar-refractivity contribution in [3.8, 4) is 11.5 Å². The average molecular weight is 748 g/mol. The second kappa shape index (κ2) is 22.9. The van der Waals surface area contributed by atoms with Crippen LogP contribution in [-0.2, 0) is 33.8 Å². The van der Waals surface area contributed by atoms with Crippen molar-refractivity contribution in [2.75, 3.05) is 32.8 Å². The summed E-state index contributed by atoms with van der Waals surface area (Å²) in [4.78, 5) is 46.1. The molecule has 0 bridgehead atoms. The maximum Gasteiger partial charge on any atom is 0.284 e. The average Bonchev–Trinajstić information content (AvgIpc) is 3.14. The first-order valence-electron chi connectivity index (χ1n) is 18.7. The van der Waals surface area contributed by atoms with Gasteiger partial charge in [0.15, 0.2) is 12.0 Å². The van der Waals surface area contributed by atoms with Gasteiger partial charge in [-0.3, -0.25) is 24.7 Å². The number of imide groups is 1. The van der Waals surface area contributed by atoms with Gasteiger partial charge in [0, 0.05) is 24.9 Å². The Hall–Kier alpha value is -5.02. The molecule has 0 saturated carbocycles. The lowest BCUT2D eigenvalue weighted by Crippen LogP contribution is -2.63. The molecule has 13 N–H and O–H groups in total. The Morgan fingerprint density at radius 3 is 1.91 bits per heavy atom. The molecule has 4 atom stereocenters. The molecule has 0 radical (unpaired) electrons. The van der Waals surface area contributed by atoms with E-state index in [0.29, 0.717) is 51.0 Å². The number of aliphatic imine (C=N–C) groups is 1. The Balaban J connectivity index is 1.90. The zero-order valence-electron chi connectivity index (χ0n) is 31.1. The summed E-state index contributed by atoms with van der Waals surface area (Å²) in [6.07, 6.45) is 5.16. The molecule has 0 aliphatic carbocycles. The molecule has 0 heterocycles. The van der Waals surface area contributed by atoms with Crippen LogP contribution in [0.3, 0.4) is 0 Å². The van der Waals surface area contributed by atoms with Crippen molar-refractivity contribution in [3.63, 3.8) is 0 Å². The predicted octanol–water partition coefficient (Wildman–Crippen LogP) is 1.68. The third-order valence-electron chi connectivity index (χ3n) is 9.57. The number of guanidine groups is 1. The van der Waals surface area contributed by atoms with E-state index in [1.165, 1.54) is 24.3 Å². The van der Waals surface area contributed by atoms with Crippen LogP contribution in [0.15, 0.2) is 83.9 Å². The van der Waals surface area contributed by atoms with E-state index in [0.717, 1.165) is 36.8 Å². The molecule has 3 rings (SSSR count). The highest BCUT2D eigenvalue weighted by molar-refractivity contribution is 6.01. The molecule has 0 spiro atoms. The highest BCUT2D eigenvalue weighted by Gasteiger charge is 2.42. The maximum absolute atomic E-state index is 14.5. The minimum Gasteiger partial charge on any atom is -0.508 e. The SMILES string of the molecule is NCCCC[C@@H](C(=O)NC(=O)[C@H](Cc1ccc(O)cc1)NC(=O)[C@@H](N)Cc1ccc(O)cc1)[N+](CCO)(CCCCCCN=C(N)N)Cc1ccccc1. The minimum atomic E-state index is -1.18. The first-order valence-corrected chi connectivity index (χ1v) is 18.7. The Morgan fingerprint density at radius 2 is 1.31 bits per heavy atom. The van der Waals surface area contributed by atoms with E-state index in [-0.39, 0.29) is 47.9 Å². The van der Waals surface area contributed by atoms with E-state index in [4.69, 9.17) is 22.9 Å². The Morgan fingerprint density at radius 1 is 0.704 bits per heavy atom. The van der Waals surface area contributed by atoms with E-state index >= 15 is 0 Å². The topological polar surface area (TPSA) is 252 Å². The summed E-state index contributed by atoms with van der Waals surface area (Å²) in [5, 5.41) is 35.3. The number of amides is 3. The van der Waals surface area contributed by atoms with E-state index in [1.807, 2.05) is 30.3 Å². The number of hydrogen-bond donors (Lipinski definition) is 9. The predicted molar refractivity (Wildman–Crippen MR) is 210 cm³/mol. The number of carbonyl (C=O) groups is 3. The second-order valence-electron chi connectivity index (χ2n) is 13.8. The quantitative estimate of drug-likeness (QED) is 0.0277. The second-order valence-corrected chi connectivity index (χ2v) is 13.8. The van der Waals surface area contributed by atoms with Crippen molar-refractivity contribution in [3.05, 3.63) is 95.6 Å². The van der Waals surface area contributed by atoms with Gasteiger partial charge in [-0.05, 0) is 80.5 Å². The largest absolute Gasteiger partial charge is 0.508 e. The summed E-state index contributed by atoms with van der Waals surface area (Å²) in [6.45, 7) is 2.07. The molecular formula is C40H59N8O6+. The number of aromatic hydroxyl groups is 2. The van der Waals surface area contributed by atoms with Crippen LogP contribution in [0.25, 0.3) is 0 Å². The molecule has 0 saturated heterocycles. The van der Waals surface area contributed by atoms with Crippen LogP contribution in [0.5, 0.6) is 11.5 Å². The third kappa shape index (κ3) is 14.8. The van der Waals surface area contributed by atoms with Gasteiger partial charge in [0.25, 0.3) is 5.91 Å². The lowest BCUT2D eigenvalue weighted by Gasteiger charge is -2.44. The molecule has 0 aromatic heterocycles. The van der Waals surface area contributed by atoms with Crippen LogP contribution in [0.4, 0.5) is 0 Å². The fraction of sp³-hybridized carbons (Fsp3) is 0.450. The van der Waals surface area contributed by atoms with Crippen molar-refractivity contribution in [1.29, 1.82) is 0 Å². The van der Waals surface area contributed by atoms with E-state index in [1.54, 1.807) is 24.3 Å². The van der Waals surface area contributed by atoms with Gasteiger partial charge in [-0.25, -0.2) is 0 Å².